The van der Waals surface area contributed by atoms with Gasteiger partial charge in [-0.25, -0.2) is 0 Å². The van der Waals surface area contributed by atoms with Crippen LogP contribution in [-0.2, 0) is 0 Å². The lowest BCUT2D eigenvalue weighted by Crippen LogP contribution is -2.39. The van der Waals surface area contributed by atoms with Crippen LogP contribution in [0.3, 0.4) is 0 Å². The normalized spacial score (nSPS) is 11.6. The largest absolute Gasteiger partial charge is 0.389 e. The van der Waals surface area contributed by atoms with E-state index in [1.54, 1.807) is 0 Å². The first kappa shape index (κ1) is 12.7. The first-order valence-electron chi connectivity index (χ1n) is 5.22. The van der Waals surface area contributed by atoms with E-state index in [4.69, 9.17) is 0 Å². The molecule has 0 spiro atoms. The minimum atomic E-state index is -0.506. The van der Waals surface area contributed by atoms with Crippen molar-refractivity contribution >= 4 is 0 Å². The van der Waals surface area contributed by atoms with Crippen molar-refractivity contribution < 1.29 is 5.11 Å². The van der Waals surface area contributed by atoms with E-state index in [0.29, 0.717) is 6.54 Å². The van der Waals surface area contributed by atoms with Gasteiger partial charge in [-0.05, 0) is 32.2 Å². The molecule has 0 aromatic heterocycles. The summed E-state index contributed by atoms with van der Waals surface area (Å²) in [6, 6.07) is 0. The Bertz CT molecular complexity index is 130. The summed E-state index contributed by atoms with van der Waals surface area (Å²) in [5.74, 6) is 0. The lowest BCUT2D eigenvalue weighted by molar-refractivity contribution is 0.0327. The molecular formula is C11H23NO. The summed E-state index contributed by atoms with van der Waals surface area (Å²) in [5, 5.41) is 13.2. The zero-order valence-corrected chi connectivity index (χ0v) is 8.97. The molecule has 0 saturated carbocycles. The minimum Gasteiger partial charge on any atom is -0.389 e. The van der Waals surface area contributed by atoms with Crippen LogP contribution in [0, 0.1) is 0 Å². The Labute approximate surface area is 82.0 Å². The van der Waals surface area contributed by atoms with Crippen molar-refractivity contribution in [3.63, 3.8) is 0 Å². The Morgan fingerprint density at radius 3 is 2.46 bits per heavy atom. The molecule has 13 heavy (non-hydrogen) atoms. The molecule has 2 nitrogen and oxygen atoms in total. The summed E-state index contributed by atoms with van der Waals surface area (Å²) >= 11 is 0. The molecule has 0 rings (SSSR count). The van der Waals surface area contributed by atoms with E-state index in [2.05, 4.69) is 11.9 Å². The highest BCUT2D eigenvalue weighted by molar-refractivity contribution is 4.77. The van der Waals surface area contributed by atoms with Gasteiger partial charge >= 0.3 is 0 Å². The Morgan fingerprint density at radius 1 is 1.38 bits per heavy atom. The molecule has 0 unspecified atom stereocenters. The minimum absolute atomic E-state index is 0.506. The second kappa shape index (κ2) is 7.10. The number of hydrogen-bond donors (Lipinski definition) is 2. The SMILES string of the molecule is C=CCCCNCC(O)(CC)CC. The number of allylic oxidation sites excluding steroid dienone is 1. The van der Waals surface area contributed by atoms with Gasteiger partial charge in [0.05, 0.1) is 5.60 Å². The van der Waals surface area contributed by atoms with Gasteiger partial charge < -0.3 is 10.4 Å². The molecule has 2 N–H and O–H groups in total. The Kier molecular flexibility index (Phi) is 6.92. The van der Waals surface area contributed by atoms with Crippen LogP contribution in [0.5, 0.6) is 0 Å². The van der Waals surface area contributed by atoms with Crippen LogP contribution in [0.4, 0.5) is 0 Å². The van der Waals surface area contributed by atoms with Crippen molar-refractivity contribution in [1.29, 1.82) is 0 Å². The van der Waals surface area contributed by atoms with Crippen LogP contribution in [-0.4, -0.2) is 23.8 Å². The standard InChI is InChI=1S/C11H23NO/c1-4-7-8-9-12-10-11(13,5-2)6-3/h4,12-13H,1,5-10H2,2-3H3. The fourth-order valence-electron chi connectivity index (χ4n) is 1.19. The van der Waals surface area contributed by atoms with Crippen molar-refractivity contribution in [2.45, 2.75) is 45.1 Å². The van der Waals surface area contributed by atoms with Crippen molar-refractivity contribution in [2.75, 3.05) is 13.1 Å². The summed E-state index contributed by atoms with van der Waals surface area (Å²) in [4.78, 5) is 0. The molecule has 0 aromatic carbocycles. The van der Waals surface area contributed by atoms with Gasteiger partial charge in [-0.2, -0.15) is 0 Å². The second-order valence-electron chi connectivity index (χ2n) is 3.54. The Hall–Kier alpha value is -0.340. The summed E-state index contributed by atoms with van der Waals surface area (Å²) in [6.45, 7) is 9.38. The predicted molar refractivity (Wildman–Crippen MR) is 57.8 cm³/mol. The fourth-order valence-corrected chi connectivity index (χ4v) is 1.19. The quantitative estimate of drug-likeness (QED) is 0.448. The highest BCUT2D eigenvalue weighted by Crippen LogP contribution is 2.12. The molecule has 0 aromatic rings. The third-order valence-electron chi connectivity index (χ3n) is 2.53. The van der Waals surface area contributed by atoms with Crippen molar-refractivity contribution in [3.05, 3.63) is 12.7 Å². The highest BCUT2D eigenvalue weighted by Gasteiger charge is 2.20. The van der Waals surface area contributed by atoms with Crippen LogP contribution < -0.4 is 5.32 Å². The Morgan fingerprint density at radius 2 is 2.00 bits per heavy atom. The zero-order chi connectivity index (χ0) is 10.2. The molecule has 0 aliphatic heterocycles. The second-order valence-corrected chi connectivity index (χ2v) is 3.54. The predicted octanol–water partition coefficient (Wildman–Crippen LogP) is 2.09. The van der Waals surface area contributed by atoms with Gasteiger partial charge in [0.1, 0.15) is 0 Å². The molecule has 0 aliphatic rings. The average molecular weight is 185 g/mol. The summed E-state index contributed by atoms with van der Waals surface area (Å²) < 4.78 is 0. The summed E-state index contributed by atoms with van der Waals surface area (Å²) in [7, 11) is 0. The van der Waals surface area contributed by atoms with Gasteiger partial charge in [-0.15, -0.1) is 6.58 Å². The van der Waals surface area contributed by atoms with Crippen molar-refractivity contribution in [1.82, 2.24) is 5.32 Å². The molecule has 0 bridgehead atoms. The van der Waals surface area contributed by atoms with Gasteiger partial charge in [0, 0.05) is 6.54 Å². The third kappa shape index (κ3) is 5.83. The van der Waals surface area contributed by atoms with Crippen LogP contribution >= 0.6 is 0 Å². The molecule has 2 heteroatoms. The summed E-state index contributed by atoms with van der Waals surface area (Å²) in [5.41, 5.74) is -0.506. The number of aliphatic hydroxyl groups is 1. The molecule has 0 radical (unpaired) electrons. The molecule has 0 amide bonds. The zero-order valence-electron chi connectivity index (χ0n) is 8.97. The maximum absolute atomic E-state index is 9.90. The molecule has 0 aliphatic carbocycles. The average Bonchev–Trinajstić information content (AvgIpc) is 2.17. The molecule has 0 atom stereocenters. The monoisotopic (exact) mass is 185 g/mol. The first-order valence-corrected chi connectivity index (χ1v) is 5.22. The third-order valence-corrected chi connectivity index (χ3v) is 2.53. The van der Waals surface area contributed by atoms with Crippen molar-refractivity contribution in [2.24, 2.45) is 0 Å². The molecule has 0 saturated heterocycles. The van der Waals surface area contributed by atoms with Gasteiger partial charge in [-0.3, -0.25) is 0 Å². The molecule has 78 valence electrons. The molecule has 0 fully saturated rings. The maximum atomic E-state index is 9.90. The van der Waals surface area contributed by atoms with Gasteiger partial charge in [-0.1, -0.05) is 19.9 Å². The van der Waals surface area contributed by atoms with E-state index in [0.717, 1.165) is 32.2 Å². The van der Waals surface area contributed by atoms with E-state index in [1.165, 1.54) is 0 Å². The van der Waals surface area contributed by atoms with Crippen LogP contribution in [0.15, 0.2) is 12.7 Å². The van der Waals surface area contributed by atoms with Gasteiger partial charge in [0.25, 0.3) is 0 Å². The van der Waals surface area contributed by atoms with Gasteiger partial charge in [0.15, 0.2) is 0 Å². The lowest BCUT2D eigenvalue weighted by Gasteiger charge is -2.25. The maximum Gasteiger partial charge on any atom is 0.0766 e. The van der Waals surface area contributed by atoms with E-state index in [-0.39, 0.29) is 0 Å². The number of unbranched alkanes of at least 4 members (excludes halogenated alkanes) is 1. The van der Waals surface area contributed by atoms with Gasteiger partial charge in [0.2, 0.25) is 0 Å². The van der Waals surface area contributed by atoms with E-state index in [9.17, 15) is 5.11 Å². The van der Waals surface area contributed by atoms with Crippen molar-refractivity contribution in [3.8, 4) is 0 Å². The fraction of sp³-hybridized carbons (Fsp3) is 0.818. The number of rotatable bonds is 8. The van der Waals surface area contributed by atoms with E-state index in [1.807, 2.05) is 19.9 Å². The smallest absolute Gasteiger partial charge is 0.0766 e. The number of nitrogens with one attached hydrogen (secondary N) is 1. The molecule has 0 heterocycles. The van der Waals surface area contributed by atoms with E-state index < -0.39 is 5.60 Å². The van der Waals surface area contributed by atoms with Crippen LogP contribution in [0.1, 0.15) is 39.5 Å². The van der Waals surface area contributed by atoms with Crippen LogP contribution in [0.25, 0.3) is 0 Å². The highest BCUT2D eigenvalue weighted by atomic mass is 16.3. The first-order chi connectivity index (χ1) is 6.18. The van der Waals surface area contributed by atoms with Crippen LogP contribution in [0.2, 0.25) is 0 Å². The number of hydrogen-bond acceptors (Lipinski definition) is 2. The molecular weight excluding hydrogens is 162 g/mol. The lowest BCUT2D eigenvalue weighted by atomic mass is 9.97. The Balaban J connectivity index is 3.44. The summed E-state index contributed by atoms with van der Waals surface area (Å²) in [6.07, 6.45) is 5.71. The van der Waals surface area contributed by atoms with E-state index >= 15 is 0 Å². The topological polar surface area (TPSA) is 32.3 Å².